The molecule has 0 spiro atoms. The zero-order chi connectivity index (χ0) is 11.1. The van der Waals surface area contributed by atoms with Crippen molar-refractivity contribution >= 4 is 11.6 Å². The second-order valence-electron chi connectivity index (χ2n) is 3.98. The molecule has 0 atom stereocenters. The van der Waals surface area contributed by atoms with Gasteiger partial charge < -0.3 is 9.84 Å². The van der Waals surface area contributed by atoms with Crippen LogP contribution in [0.15, 0.2) is 12.1 Å². The van der Waals surface area contributed by atoms with Crippen molar-refractivity contribution in [3.05, 3.63) is 28.5 Å². The second-order valence-corrected chi connectivity index (χ2v) is 4.39. The van der Waals surface area contributed by atoms with E-state index in [4.69, 9.17) is 16.3 Å². The molecule has 4 heteroatoms. The molecule has 2 rings (SSSR count). The summed E-state index contributed by atoms with van der Waals surface area (Å²) in [7, 11) is 1.48. The molecule has 0 bridgehead atoms. The molecule has 0 amide bonds. The number of halogens is 2. The van der Waals surface area contributed by atoms with Gasteiger partial charge in [-0.3, -0.25) is 0 Å². The van der Waals surface area contributed by atoms with Crippen LogP contribution in [0.25, 0.3) is 0 Å². The van der Waals surface area contributed by atoms with Crippen LogP contribution in [0, 0.1) is 5.82 Å². The summed E-state index contributed by atoms with van der Waals surface area (Å²) in [5.74, 6) is -0.0581. The van der Waals surface area contributed by atoms with E-state index in [-0.39, 0.29) is 5.02 Å². The van der Waals surface area contributed by atoms with Crippen molar-refractivity contribution in [3.8, 4) is 5.75 Å². The zero-order valence-corrected chi connectivity index (χ0v) is 9.14. The van der Waals surface area contributed by atoms with Gasteiger partial charge in [0.1, 0.15) is 11.6 Å². The minimum atomic E-state index is -0.631. The number of aliphatic hydroxyl groups is 1. The first-order valence-electron chi connectivity index (χ1n) is 4.78. The summed E-state index contributed by atoms with van der Waals surface area (Å²) in [5.41, 5.74) is 0.123. The van der Waals surface area contributed by atoms with Gasteiger partial charge in [-0.25, -0.2) is 4.39 Å². The Hall–Kier alpha value is -0.800. The molecule has 0 aromatic heterocycles. The van der Waals surface area contributed by atoms with Gasteiger partial charge >= 0.3 is 0 Å². The summed E-state index contributed by atoms with van der Waals surface area (Å²) in [6.45, 7) is 0. The lowest BCUT2D eigenvalue weighted by Gasteiger charge is -2.12. The maximum atomic E-state index is 13.1. The molecule has 1 aromatic carbocycles. The van der Waals surface area contributed by atoms with Gasteiger partial charge in [-0.05, 0) is 24.5 Å². The molecule has 1 aliphatic rings. The van der Waals surface area contributed by atoms with Crippen LogP contribution in [0.1, 0.15) is 18.4 Å². The van der Waals surface area contributed by atoms with E-state index in [2.05, 4.69) is 0 Å². The van der Waals surface area contributed by atoms with Crippen LogP contribution in [0.2, 0.25) is 5.02 Å². The first kappa shape index (κ1) is 10.7. The monoisotopic (exact) mass is 230 g/mol. The van der Waals surface area contributed by atoms with E-state index in [9.17, 15) is 9.50 Å². The number of benzene rings is 1. The molecular weight excluding hydrogens is 219 g/mol. The molecule has 1 N–H and O–H groups in total. The Bertz CT molecular complexity index is 388. The summed E-state index contributed by atoms with van der Waals surface area (Å²) >= 11 is 5.68. The Balaban J connectivity index is 2.31. The van der Waals surface area contributed by atoms with Crippen molar-refractivity contribution < 1.29 is 14.2 Å². The van der Waals surface area contributed by atoms with Crippen molar-refractivity contribution in [3.63, 3.8) is 0 Å². The summed E-state index contributed by atoms with van der Waals surface area (Å²) < 4.78 is 18.2. The molecule has 0 heterocycles. The van der Waals surface area contributed by atoms with Crippen LogP contribution < -0.4 is 4.74 Å². The predicted molar refractivity (Wildman–Crippen MR) is 55.8 cm³/mol. The van der Waals surface area contributed by atoms with Crippen LogP contribution in [0.4, 0.5) is 4.39 Å². The highest BCUT2D eigenvalue weighted by Crippen LogP contribution is 2.40. The quantitative estimate of drug-likeness (QED) is 0.865. The van der Waals surface area contributed by atoms with E-state index >= 15 is 0 Å². The molecule has 0 saturated heterocycles. The maximum absolute atomic E-state index is 13.1. The lowest BCUT2D eigenvalue weighted by Crippen LogP contribution is -2.11. The highest BCUT2D eigenvalue weighted by Gasteiger charge is 2.40. The minimum Gasteiger partial charge on any atom is -0.496 e. The number of hydrogen-bond donors (Lipinski definition) is 1. The third-order valence-corrected chi connectivity index (χ3v) is 2.96. The molecule has 0 unspecified atom stereocenters. The van der Waals surface area contributed by atoms with Crippen LogP contribution in [-0.2, 0) is 6.42 Å². The number of methoxy groups -OCH3 is 1. The van der Waals surface area contributed by atoms with Gasteiger partial charge in [0.25, 0.3) is 0 Å². The molecule has 1 aliphatic carbocycles. The molecular formula is C11H12ClFO2. The maximum Gasteiger partial charge on any atom is 0.145 e. The average Bonchev–Trinajstić information content (AvgIpc) is 2.89. The highest BCUT2D eigenvalue weighted by molar-refractivity contribution is 6.30. The highest BCUT2D eigenvalue weighted by atomic mass is 35.5. The molecule has 0 radical (unpaired) electrons. The predicted octanol–water partition coefficient (Wildman–Crippen LogP) is 2.56. The van der Waals surface area contributed by atoms with Gasteiger partial charge in [-0.15, -0.1) is 0 Å². The van der Waals surface area contributed by atoms with Gasteiger partial charge in [0.15, 0.2) is 0 Å². The first-order chi connectivity index (χ1) is 7.04. The van der Waals surface area contributed by atoms with E-state index < -0.39 is 11.4 Å². The van der Waals surface area contributed by atoms with Crippen molar-refractivity contribution in [1.82, 2.24) is 0 Å². The Morgan fingerprint density at radius 1 is 1.53 bits per heavy atom. The molecule has 1 aromatic rings. The van der Waals surface area contributed by atoms with Crippen LogP contribution >= 0.6 is 11.6 Å². The van der Waals surface area contributed by atoms with Crippen LogP contribution in [0.5, 0.6) is 5.75 Å². The normalized spacial score (nSPS) is 17.6. The molecule has 0 aliphatic heterocycles. The van der Waals surface area contributed by atoms with E-state index in [1.165, 1.54) is 19.2 Å². The third-order valence-electron chi connectivity index (χ3n) is 2.67. The zero-order valence-electron chi connectivity index (χ0n) is 8.39. The van der Waals surface area contributed by atoms with Crippen LogP contribution in [-0.4, -0.2) is 17.8 Å². The topological polar surface area (TPSA) is 29.5 Å². The van der Waals surface area contributed by atoms with Gasteiger partial charge in [0.05, 0.1) is 17.7 Å². The minimum absolute atomic E-state index is 0.0649. The Kier molecular flexibility index (Phi) is 2.61. The van der Waals surface area contributed by atoms with Gasteiger partial charge in [0, 0.05) is 12.5 Å². The fourth-order valence-corrected chi connectivity index (χ4v) is 1.76. The summed E-state index contributed by atoms with van der Waals surface area (Å²) in [5, 5.41) is 9.83. The Morgan fingerprint density at radius 3 is 2.73 bits per heavy atom. The second kappa shape index (κ2) is 3.65. The third kappa shape index (κ3) is 2.24. The summed E-state index contributed by atoms with van der Waals surface area (Å²) in [6, 6.07) is 2.77. The smallest absolute Gasteiger partial charge is 0.145 e. The molecule has 2 nitrogen and oxygen atoms in total. The number of rotatable bonds is 3. The van der Waals surface area contributed by atoms with Gasteiger partial charge in [-0.1, -0.05) is 11.6 Å². The molecule has 1 fully saturated rings. The molecule has 1 saturated carbocycles. The van der Waals surface area contributed by atoms with E-state index in [1.807, 2.05) is 0 Å². The lowest BCUT2D eigenvalue weighted by molar-refractivity contribution is 0.150. The van der Waals surface area contributed by atoms with Crippen molar-refractivity contribution in [2.45, 2.75) is 24.9 Å². The molecule has 15 heavy (non-hydrogen) atoms. The van der Waals surface area contributed by atoms with E-state index in [0.29, 0.717) is 12.2 Å². The number of hydrogen-bond acceptors (Lipinski definition) is 2. The fraction of sp³-hybridized carbons (Fsp3) is 0.455. The number of ether oxygens (including phenoxy) is 1. The van der Waals surface area contributed by atoms with E-state index in [0.717, 1.165) is 18.4 Å². The lowest BCUT2D eigenvalue weighted by atomic mass is 10.1. The summed E-state index contributed by atoms with van der Waals surface area (Å²) in [4.78, 5) is 0. The largest absolute Gasteiger partial charge is 0.496 e. The van der Waals surface area contributed by atoms with Crippen molar-refractivity contribution in [2.75, 3.05) is 7.11 Å². The summed E-state index contributed by atoms with van der Waals surface area (Å²) in [6.07, 6.45) is 2.03. The van der Waals surface area contributed by atoms with Crippen molar-refractivity contribution in [1.29, 1.82) is 0 Å². The first-order valence-corrected chi connectivity index (χ1v) is 5.16. The van der Waals surface area contributed by atoms with Crippen molar-refractivity contribution in [2.24, 2.45) is 0 Å². The van der Waals surface area contributed by atoms with E-state index in [1.54, 1.807) is 0 Å². The SMILES string of the molecule is COc1cc(F)c(Cl)cc1CC1(O)CC1. The molecule has 82 valence electrons. The van der Waals surface area contributed by atoms with Gasteiger partial charge in [0.2, 0.25) is 0 Å². The van der Waals surface area contributed by atoms with Crippen LogP contribution in [0.3, 0.4) is 0 Å². The Morgan fingerprint density at radius 2 is 2.20 bits per heavy atom. The fourth-order valence-electron chi connectivity index (χ4n) is 1.57. The van der Waals surface area contributed by atoms with Gasteiger partial charge in [-0.2, -0.15) is 0 Å². The Labute approximate surface area is 92.6 Å². The standard InChI is InChI=1S/C11H12ClFO2/c1-15-10-5-9(13)8(12)4-7(10)6-11(14)2-3-11/h4-5,14H,2-3,6H2,1H3. The average molecular weight is 231 g/mol.